The highest BCUT2D eigenvalue weighted by Crippen LogP contribution is 2.31. The van der Waals surface area contributed by atoms with Gasteiger partial charge in [-0.2, -0.15) is 0 Å². The minimum Gasteiger partial charge on any atom is -0.507 e. The number of anilines is 2. The molecule has 0 saturated carbocycles. The van der Waals surface area contributed by atoms with Gasteiger partial charge in [0.2, 0.25) is 0 Å². The molecule has 1 fully saturated rings. The number of phenols is 1. The number of nitrogens with zero attached hydrogens (tertiary/aromatic N) is 4. The van der Waals surface area contributed by atoms with Crippen molar-refractivity contribution in [1.82, 2.24) is 15.1 Å². The molecule has 0 bridgehead atoms. The highest BCUT2D eigenvalue weighted by Gasteiger charge is 2.18. The first-order chi connectivity index (χ1) is 12.1. The van der Waals surface area contributed by atoms with Crippen LogP contribution in [-0.2, 0) is 0 Å². The van der Waals surface area contributed by atoms with Gasteiger partial charge >= 0.3 is 0 Å². The first-order valence-electron chi connectivity index (χ1n) is 9.00. The number of hydrogen-bond acceptors (Lipinski definition) is 6. The summed E-state index contributed by atoms with van der Waals surface area (Å²) >= 11 is 0. The van der Waals surface area contributed by atoms with E-state index in [-0.39, 0.29) is 5.75 Å². The molecule has 1 aromatic heterocycles. The third-order valence-corrected chi connectivity index (χ3v) is 3.83. The summed E-state index contributed by atoms with van der Waals surface area (Å²) in [5.74, 6) is 0.625. The maximum Gasteiger partial charge on any atom is 0.169 e. The van der Waals surface area contributed by atoms with Crippen LogP contribution in [0, 0.1) is 0 Å². The maximum atomic E-state index is 9.95. The standard InChI is InChI=1S/C15H19N5O.2C2H6/c1-19-6-8-20(9-7-19)13-10-12(17-18-15(13)16)11-4-2-3-5-14(11)21;2*1-2/h2-5,10,21H,6-9H2,1H3,(H2,16,18);2*1-2H3. The Balaban J connectivity index is 0.000000730. The van der Waals surface area contributed by atoms with Crippen molar-refractivity contribution in [1.29, 1.82) is 0 Å². The number of nitrogens with two attached hydrogens (primary N) is 1. The van der Waals surface area contributed by atoms with Gasteiger partial charge < -0.3 is 20.6 Å². The van der Waals surface area contributed by atoms with Crippen molar-refractivity contribution in [3.63, 3.8) is 0 Å². The van der Waals surface area contributed by atoms with Gasteiger partial charge in [-0.05, 0) is 25.2 Å². The molecular weight excluding hydrogens is 314 g/mol. The summed E-state index contributed by atoms with van der Waals surface area (Å²) in [7, 11) is 2.11. The number of hydrogen-bond donors (Lipinski definition) is 2. The zero-order valence-corrected chi connectivity index (χ0v) is 16.0. The van der Waals surface area contributed by atoms with Crippen LogP contribution in [0.4, 0.5) is 11.5 Å². The molecule has 1 aliphatic heterocycles. The lowest BCUT2D eigenvalue weighted by Crippen LogP contribution is -2.44. The van der Waals surface area contributed by atoms with Gasteiger partial charge in [-0.1, -0.05) is 39.8 Å². The lowest BCUT2D eigenvalue weighted by Gasteiger charge is -2.34. The third kappa shape index (κ3) is 5.32. The van der Waals surface area contributed by atoms with Crippen molar-refractivity contribution < 1.29 is 5.11 Å². The summed E-state index contributed by atoms with van der Waals surface area (Å²) < 4.78 is 0. The van der Waals surface area contributed by atoms with Crippen molar-refractivity contribution in [2.24, 2.45) is 0 Å². The molecule has 1 aromatic carbocycles. The van der Waals surface area contributed by atoms with Gasteiger partial charge in [0.15, 0.2) is 5.82 Å². The van der Waals surface area contributed by atoms with Crippen LogP contribution in [-0.4, -0.2) is 53.4 Å². The van der Waals surface area contributed by atoms with Crippen molar-refractivity contribution in [2.75, 3.05) is 43.9 Å². The average molecular weight is 345 g/mol. The van der Waals surface area contributed by atoms with Crippen molar-refractivity contribution in [3.8, 4) is 17.0 Å². The maximum absolute atomic E-state index is 9.95. The Bertz CT molecular complexity index is 639. The topological polar surface area (TPSA) is 78.5 Å². The van der Waals surface area contributed by atoms with E-state index < -0.39 is 0 Å². The van der Waals surface area contributed by atoms with Crippen molar-refractivity contribution >= 4 is 11.5 Å². The van der Waals surface area contributed by atoms with Crippen LogP contribution in [0.15, 0.2) is 30.3 Å². The SMILES string of the molecule is CC.CC.CN1CCN(c2cc(-c3ccccc3O)nnc2N)CC1. The predicted molar refractivity (Wildman–Crippen MR) is 106 cm³/mol. The smallest absolute Gasteiger partial charge is 0.169 e. The third-order valence-electron chi connectivity index (χ3n) is 3.83. The molecule has 0 atom stereocenters. The van der Waals surface area contributed by atoms with Gasteiger partial charge in [0.25, 0.3) is 0 Å². The summed E-state index contributed by atoms with van der Waals surface area (Å²) in [6, 6.07) is 9.02. The van der Waals surface area contributed by atoms with Crippen LogP contribution in [0.5, 0.6) is 5.75 Å². The monoisotopic (exact) mass is 345 g/mol. The zero-order chi connectivity index (χ0) is 18.8. The number of piperazine rings is 1. The molecule has 1 aliphatic rings. The Hall–Kier alpha value is -2.34. The minimum atomic E-state index is 0.195. The second-order valence-electron chi connectivity index (χ2n) is 5.31. The number of likely N-dealkylation sites (N-methyl/N-ethyl adjacent to an activating group) is 1. The summed E-state index contributed by atoms with van der Waals surface area (Å²) in [6.07, 6.45) is 0. The van der Waals surface area contributed by atoms with Crippen LogP contribution in [0.2, 0.25) is 0 Å². The number of benzene rings is 1. The molecule has 25 heavy (non-hydrogen) atoms. The molecule has 1 saturated heterocycles. The Labute approximate surface area is 151 Å². The van der Waals surface area contributed by atoms with Gasteiger partial charge in [-0.15, -0.1) is 10.2 Å². The van der Waals surface area contributed by atoms with E-state index in [9.17, 15) is 5.11 Å². The van der Waals surface area contributed by atoms with Crippen LogP contribution in [0.1, 0.15) is 27.7 Å². The molecule has 0 amide bonds. The first kappa shape index (κ1) is 20.7. The van der Waals surface area contributed by atoms with E-state index in [0.29, 0.717) is 17.1 Å². The van der Waals surface area contributed by atoms with Crippen molar-refractivity contribution in [3.05, 3.63) is 30.3 Å². The van der Waals surface area contributed by atoms with Gasteiger partial charge in [0.05, 0.1) is 11.4 Å². The lowest BCUT2D eigenvalue weighted by atomic mass is 10.1. The minimum absolute atomic E-state index is 0.195. The summed E-state index contributed by atoms with van der Waals surface area (Å²) in [5, 5.41) is 18.1. The fourth-order valence-electron chi connectivity index (χ4n) is 2.51. The Morgan fingerprint density at radius 2 is 1.56 bits per heavy atom. The molecule has 6 heteroatoms. The second kappa shape index (κ2) is 10.5. The molecule has 0 spiro atoms. The molecule has 0 aliphatic carbocycles. The van der Waals surface area contributed by atoms with E-state index in [4.69, 9.17) is 5.73 Å². The van der Waals surface area contributed by atoms with Gasteiger partial charge in [-0.3, -0.25) is 0 Å². The largest absolute Gasteiger partial charge is 0.507 e. The van der Waals surface area contributed by atoms with E-state index in [1.807, 2.05) is 45.9 Å². The van der Waals surface area contributed by atoms with E-state index in [1.54, 1.807) is 12.1 Å². The molecule has 3 N–H and O–H groups in total. The summed E-state index contributed by atoms with van der Waals surface area (Å²) in [4.78, 5) is 4.50. The van der Waals surface area contributed by atoms with Gasteiger partial charge in [0.1, 0.15) is 5.75 Å². The predicted octanol–water partition coefficient (Wildman–Crippen LogP) is 3.24. The van der Waals surface area contributed by atoms with Gasteiger partial charge in [0, 0.05) is 31.7 Å². The Morgan fingerprint density at radius 1 is 0.960 bits per heavy atom. The highest BCUT2D eigenvalue weighted by molar-refractivity contribution is 5.74. The van der Waals surface area contributed by atoms with E-state index >= 15 is 0 Å². The number of para-hydroxylation sites is 1. The van der Waals surface area contributed by atoms with Crippen LogP contribution in [0.3, 0.4) is 0 Å². The average Bonchev–Trinajstić information content (AvgIpc) is 2.67. The number of nitrogen functional groups attached to an aromatic ring is 1. The first-order valence-corrected chi connectivity index (χ1v) is 9.00. The Morgan fingerprint density at radius 3 is 2.16 bits per heavy atom. The quantitative estimate of drug-likeness (QED) is 0.870. The van der Waals surface area contributed by atoms with Gasteiger partial charge in [-0.25, -0.2) is 0 Å². The molecule has 6 nitrogen and oxygen atoms in total. The number of rotatable bonds is 2. The molecule has 138 valence electrons. The molecule has 0 radical (unpaired) electrons. The highest BCUT2D eigenvalue weighted by atomic mass is 16.3. The fraction of sp³-hybridized carbons (Fsp3) is 0.474. The summed E-state index contributed by atoms with van der Waals surface area (Å²) in [5.41, 5.74) is 8.17. The van der Waals surface area contributed by atoms with Crippen molar-refractivity contribution in [2.45, 2.75) is 27.7 Å². The molecule has 2 heterocycles. The number of aromatic nitrogens is 2. The zero-order valence-electron chi connectivity index (χ0n) is 16.0. The number of phenolic OH excluding ortho intramolecular Hbond substituents is 1. The van der Waals surface area contributed by atoms with E-state index in [0.717, 1.165) is 31.9 Å². The molecular formula is C19H31N5O. The molecule has 3 rings (SSSR count). The molecule has 0 unspecified atom stereocenters. The second-order valence-corrected chi connectivity index (χ2v) is 5.31. The lowest BCUT2D eigenvalue weighted by molar-refractivity contribution is 0.313. The van der Waals surface area contributed by atoms with Crippen LogP contribution >= 0.6 is 0 Å². The summed E-state index contributed by atoms with van der Waals surface area (Å²) in [6.45, 7) is 11.8. The Kier molecular flexibility index (Phi) is 8.70. The van der Waals surface area contributed by atoms with Crippen LogP contribution < -0.4 is 10.6 Å². The number of aromatic hydroxyl groups is 1. The van der Waals surface area contributed by atoms with E-state index in [2.05, 4.69) is 27.0 Å². The fourth-order valence-corrected chi connectivity index (χ4v) is 2.51. The van der Waals surface area contributed by atoms with Crippen LogP contribution in [0.25, 0.3) is 11.3 Å². The normalized spacial score (nSPS) is 14.0. The molecule has 2 aromatic rings. The van der Waals surface area contributed by atoms with E-state index in [1.165, 1.54) is 0 Å².